The molecule has 0 N–H and O–H groups in total. The number of hydrogen-bond donors (Lipinski definition) is 0. The Balaban J connectivity index is 2.63. The fourth-order valence-electron chi connectivity index (χ4n) is 1.04. The molecule has 0 bridgehead atoms. The van der Waals surface area contributed by atoms with Crippen LogP contribution in [0.5, 0.6) is 0 Å². The van der Waals surface area contributed by atoms with Crippen LogP contribution in [-0.4, -0.2) is 31.1 Å². The normalized spacial score (nSPS) is 22.5. The predicted molar refractivity (Wildman–Crippen MR) is 35.8 cm³/mol. The van der Waals surface area contributed by atoms with Crippen LogP contribution in [0.3, 0.4) is 0 Å². The van der Waals surface area contributed by atoms with Gasteiger partial charge >= 0.3 is 6.18 Å². The first-order chi connectivity index (χ1) is 5.37. The lowest BCUT2D eigenvalue weighted by molar-refractivity contribution is -0.358. The summed E-state index contributed by atoms with van der Waals surface area (Å²) in [6.07, 6.45) is -4.76. The highest BCUT2D eigenvalue weighted by Gasteiger charge is 2.61. The van der Waals surface area contributed by atoms with Crippen molar-refractivity contribution in [1.82, 2.24) is 0 Å². The fraction of sp³-hybridized carbons (Fsp3) is 1.00. The second-order valence-corrected chi connectivity index (χ2v) is 3.15. The molecule has 0 spiro atoms. The van der Waals surface area contributed by atoms with E-state index in [2.05, 4.69) is 4.74 Å². The van der Waals surface area contributed by atoms with Gasteiger partial charge in [-0.15, -0.1) is 0 Å². The quantitative estimate of drug-likeness (QED) is 0.650. The van der Waals surface area contributed by atoms with Crippen LogP contribution in [0.1, 0.15) is 13.8 Å². The molecule has 72 valence electrons. The molecule has 1 rings (SSSR count). The highest BCUT2D eigenvalue weighted by Crippen LogP contribution is 2.40. The number of hydrogen-bond acceptors (Lipinski definition) is 2. The van der Waals surface area contributed by atoms with Gasteiger partial charge in [-0.3, -0.25) is 0 Å². The third-order valence-corrected chi connectivity index (χ3v) is 1.65. The second-order valence-electron chi connectivity index (χ2n) is 3.15. The first-order valence-electron chi connectivity index (χ1n) is 3.70. The zero-order valence-electron chi connectivity index (χ0n) is 6.94. The van der Waals surface area contributed by atoms with E-state index in [1.807, 2.05) is 0 Å². The maximum atomic E-state index is 12.3. The Hall–Kier alpha value is -0.290. The van der Waals surface area contributed by atoms with Gasteiger partial charge in [-0.1, -0.05) is 0 Å². The lowest BCUT2D eigenvalue weighted by atomic mass is 10.0. The number of rotatable bonds is 2. The third-order valence-electron chi connectivity index (χ3n) is 1.65. The lowest BCUT2D eigenvalue weighted by Crippen LogP contribution is -2.63. The molecule has 0 atom stereocenters. The molecule has 0 aromatic heterocycles. The highest BCUT2D eigenvalue weighted by atomic mass is 19.4. The Morgan fingerprint density at radius 2 is 1.83 bits per heavy atom. The Morgan fingerprint density at radius 3 is 1.92 bits per heavy atom. The van der Waals surface area contributed by atoms with Crippen molar-refractivity contribution in [2.45, 2.75) is 31.7 Å². The maximum absolute atomic E-state index is 12.3. The molecule has 1 fully saturated rings. The molecule has 1 aliphatic heterocycles. The summed E-state index contributed by atoms with van der Waals surface area (Å²) in [5, 5.41) is 0. The summed E-state index contributed by atoms with van der Waals surface area (Å²) in [4.78, 5) is 0. The van der Waals surface area contributed by atoms with E-state index in [0.717, 1.165) is 0 Å². The van der Waals surface area contributed by atoms with Gasteiger partial charge in [0, 0.05) is 0 Å². The van der Waals surface area contributed by atoms with Gasteiger partial charge in [-0.05, 0) is 13.8 Å². The van der Waals surface area contributed by atoms with E-state index < -0.39 is 17.9 Å². The fourth-order valence-corrected chi connectivity index (χ4v) is 1.04. The average Bonchev–Trinajstić information content (AvgIpc) is 1.74. The minimum Gasteiger partial charge on any atom is -0.375 e. The highest BCUT2D eigenvalue weighted by molar-refractivity contribution is 4.95. The molecule has 0 aromatic rings. The average molecular weight is 184 g/mol. The van der Waals surface area contributed by atoms with E-state index in [-0.39, 0.29) is 13.2 Å². The third kappa shape index (κ3) is 1.56. The zero-order chi connectivity index (χ0) is 9.41. The Morgan fingerprint density at radius 1 is 1.33 bits per heavy atom. The summed E-state index contributed by atoms with van der Waals surface area (Å²) < 4.78 is 46.2. The van der Waals surface area contributed by atoms with Crippen LogP contribution in [0.4, 0.5) is 13.2 Å². The Bertz CT molecular complexity index is 161. The summed E-state index contributed by atoms with van der Waals surface area (Å²) in [7, 11) is 0. The van der Waals surface area contributed by atoms with Crippen LogP contribution in [0.2, 0.25) is 0 Å². The van der Waals surface area contributed by atoms with Gasteiger partial charge in [0.15, 0.2) is 0 Å². The minimum absolute atomic E-state index is 0.380. The van der Waals surface area contributed by atoms with E-state index in [0.29, 0.717) is 0 Å². The zero-order valence-corrected chi connectivity index (χ0v) is 6.94. The molecule has 0 saturated carbocycles. The molecular formula is C7H11F3O2. The smallest absolute Gasteiger partial charge is 0.375 e. The maximum Gasteiger partial charge on any atom is 0.422 e. The molecule has 0 aromatic carbocycles. The van der Waals surface area contributed by atoms with Crippen molar-refractivity contribution in [1.29, 1.82) is 0 Å². The van der Waals surface area contributed by atoms with E-state index in [4.69, 9.17) is 4.74 Å². The number of halogens is 3. The van der Waals surface area contributed by atoms with Crippen molar-refractivity contribution in [3.63, 3.8) is 0 Å². The minimum atomic E-state index is -4.32. The van der Waals surface area contributed by atoms with E-state index in [1.54, 1.807) is 13.8 Å². The van der Waals surface area contributed by atoms with Gasteiger partial charge in [-0.2, -0.15) is 13.2 Å². The van der Waals surface area contributed by atoms with E-state index in [9.17, 15) is 13.2 Å². The number of ether oxygens (including phenoxy) is 2. The molecule has 1 aliphatic rings. The molecule has 0 radical (unpaired) electrons. The molecule has 0 aliphatic carbocycles. The Kier molecular flexibility index (Phi) is 2.35. The first kappa shape index (κ1) is 9.80. The van der Waals surface area contributed by atoms with E-state index in [1.165, 1.54) is 0 Å². The van der Waals surface area contributed by atoms with Crippen molar-refractivity contribution < 1.29 is 22.6 Å². The predicted octanol–water partition coefficient (Wildman–Crippen LogP) is 1.74. The van der Waals surface area contributed by atoms with Crippen LogP contribution < -0.4 is 0 Å². The summed E-state index contributed by atoms with van der Waals surface area (Å²) >= 11 is 0. The molecule has 2 nitrogen and oxygen atoms in total. The summed E-state index contributed by atoms with van der Waals surface area (Å²) in [6.45, 7) is 2.39. The molecule has 0 unspecified atom stereocenters. The van der Waals surface area contributed by atoms with Crippen molar-refractivity contribution >= 4 is 0 Å². The van der Waals surface area contributed by atoms with Crippen molar-refractivity contribution in [3.05, 3.63) is 0 Å². The van der Waals surface area contributed by atoms with E-state index >= 15 is 0 Å². The van der Waals surface area contributed by atoms with Gasteiger partial charge < -0.3 is 9.47 Å². The molecule has 12 heavy (non-hydrogen) atoms. The SMILES string of the molecule is CC(C)OC1(C(F)(F)F)COC1. The van der Waals surface area contributed by atoms with Crippen molar-refractivity contribution in [3.8, 4) is 0 Å². The van der Waals surface area contributed by atoms with Gasteiger partial charge in [-0.25, -0.2) is 0 Å². The van der Waals surface area contributed by atoms with Crippen LogP contribution in [0, 0.1) is 0 Å². The van der Waals surface area contributed by atoms with Crippen LogP contribution in [0.15, 0.2) is 0 Å². The number of alkyl halides is 3. The lowest BCUT2D eigenvalue weighted by Gasteiger charge is -2.43. The van der Waals surface area contributed by atoms with Gasteiger partial charge in [0.2, 0.25) is 5.60 Å². The summed E-state index contributed by atoms with van der Waals surface area (Å²) in [5.41, 5.74) is -2.04. The molecule has 1 heterocycles. The van der Waals surface area contributed by atoms with Gasteiger partial charge in [0.25, 0.3) is 0 Å². The van der Waals surface area contributed by atoms with Crippen LogP contribution >= 0.6 is 0 Å². The topological polar surface area (TPSA) is 18.5 Å². The van der Waals surface area contributed by atoms with Crippen molar-refractivity contribution in [2.24, 2.45) is 0 Å². The summed E-state index contributed by atoms with van der Waals surface area (Å²) in [6, 6.07) is 0. The molecule has 1 saturated heterocycles. The van der Waals surface area contributed by atoms with Gasteiger partial charge in [0.05, 0.1) is 19.3 Å². The standard InChI is InChI=1S/C7H11F3O2/c1-5(2)12-6(3-11-4-6)7(8,9)10/h5H,3-4H2,1-2H3. The van der Waals surface area contributed by atoms with Crippen LogP contribution in [-0.2, 0) is 9.47 Å². The molecule has 0 amide bonds. The van der Waals surface area contributed by atoms with Crippen LogP contribution in [0.25, 0.3) is 0 Å². The first-order valence-corrected chi connectivity index (χ1v) is 3.70. The largest absolute Gasteiger partial charge is 0.422 e. The summed E-state index contributed by atoms with van der Waals surface area (Å²) in [5.74, 6) is 0. The molecule has 5 heteroatoms. The molecular weight excluding hydrogens is 173 g/mol. The Labute approximate surface area is 68.6 Å². The monoisotopic (exact) mass is 184 g/mol. The van der Waals surface area contributed by atoms with Gasteiger partial charge in [0.1, 0.15) is 0 Å². The second kappa shape index (κ2) is 2.88. The van der Waals surface area contributed by atoms with Crippen molar-refractivity contribution in [2.75, 3.05) is 13.2 Å².